The van der Waals surface area contributed by atoms with E-state index >= 15 is 0 Å². The average Bonchev–Trinajstić information content (AvgIpc) is 2.78. The van der Waals surface area contributed by atoms with Gasteiger partial charge in [0.25, 0.3) is 15.9 Å². The van der Waals surface area contributed by atoms with Gasteiger partial charge in [0.2, 0.25) is 5.91 Å². The van der Waals surface area contributed by atoms with Crippen molar-refractivity contribution >= 4 is 38.9 Å². The van der Waals surface area contributed by atoms with Crippen LogP contribution in [0.2, 0.25) is 0 Å². The molecule has 0 saturated carbocycles. The van der Waals surface area contributed by atoms with Gasteiger partial charge in [-0.1, -0.05) is 24.3 Å². The second-order valence-corrected chi connectivity index (χ2v) is 9.69. The Morgan fingerprint density at radius 1 is 0.939 bits per heavy atom. The van der Waals surface area contributed by atoms with Crippen LogP contribution in [0.5, 0.6) is 0 Å². The molecule has 7 nitrogen and oxygen atoms in total. The Morgan fingerprint density at radius 3 is 2.36 bits per heavy atom. The Morgan fingerprint density at radius 2 is 1.67 bits per heavy atom. The third kappa shape index (κ3) is 4.90. The molecule has 0 radical (unpaired) electrons. The number of nitrogens with one attached hydrogen (secondary N) is 2. The largest absolute Gasteiger partial charge is 0.326 e. The van der Waals surface area contributed by atoms with Gasteiger partial charge >= 0.3 is 0 Å². The fourth-order valence-corrected chi connectivity index (χ4v) is 5.30. The van der Waals surface area contributed by atoms with Gasteiger partial charge in [0.1, 0.15) is 0 Å². The van der Waals surface area contributed by atoms with Gasteiger partial charge in [0.15, 0.2) is 0 Å². The van der Waals surface area contributed by atoms with Gasteiger partial charge < -0.3 is 10.2 Å². The van der Waals surface area contributed by atoms with Crippen LogP contribution in [0.1, 0.15) is 34.8 Å². The molecule has 170 valence electrons. The minimum absolute atomic E-state index is 0.110. The number of sulfonamides is 1. The van der Waals surface area contributed by atoms with Crippen LogP contribution < -0.4 is 14.9 Å². The lowest BCUT2D eigenvalue weighted by atomic mass is 10.00. The molecule has 0 bridgehead atoms. The van der Waals surface area contributed by atoms with E-state index in [4.69, 9.17) is 0 Å². The van der Waals surface area contributed by atoms with Crippen molar-refractivity contribution in [1.29, 1.82) is 0 Å². The molecule has 33 heavy (non-hydrogen) atoms. The molecular weight excluding hydrogens is 438 g/mol. The summed E-state index contributed by atoms with van der Waals surface area (Å²) in [7, 11) is -3.87. The number of fused-ring (bicyclic) bond motifs is 1. The summed E-state index contributed by atoms with van der Waals surface area (Å²) in [6.07, 6.45) is 1.67. The second kappa shape index (κ2) is 9.07. The second-order valence-electron chi connectivity index (χ2n) is 8.04. The summed E-state index contributed by atoms with van der Waals surface area (Å²) in [5.41, 5.74) is 3.73. The van der Waals surface area contributed by atoms with Crippen molar-refractivity contribution in [2.24, 2.45) is 0 Å². The minimum atomic E-state index is -3.87. The lowest BCUT2D eigenvalue weighted by Gasteiger charge is -2.30. The molecule has 3 aromatic rings. The van der Waals surface area contributed by atoms with E-state index in [0.717, 1.165) is 18.4 Å². The molecule has 1 aliphatic rings. The van der Waals surface area contributed by atoms with Crippen molar-refractivity contribution in [3.05, 3.63) is 83.4 Å². The van der Waals surface area contributed by atoms with Crippen molar-refractivity contribution in [2.45, 2.75) is 31.6 Å². The highest BCUT2D eigenvalue weighted by molar-refractivity contribution is 7.92. The molecule has 0 saturated heterocycles. The summed E-state index contributed by atoms with van der Waals surface area (Å²) < 4.78 is 28.8. The smallest absolute Gasteiger partial charge is 0.262 e. The van der Waals surface area contributed by atoms with E-state index < -0.39 is 10.0 Å². The van der Waals surface area contributed by atoms with Crippen LogP contribution in [0, 0.1) is 6.92 Å². The van der Waals surface area contributed by atoms with Gasteiger partial charge in [-0.2, -0.15) is 0 Å². The van der Waals surface area contributed by atoms with Crippen LogP contribution in [-0.4, -0.2) is 26.8 Å². The lowest BCUT2D eigenvalue weighted by Crippen LogP contribution is -2.35. The first kappa shape index (κ1) is 22.5. The average molecular weight is 464 g/mol. The molecule has 0 fully saturated rings. The van der Waals surface area contributed by atoms with Crippen LogP contribution in [-0.2, 0) is 21.2 Å². The standard InChI is InChI=1S/C25H25N3O4S/c1-17-15-21(26-18(2)29)12-13-24(17)33(31,32)27-22-11-10-19-9-6-14-28(23(19)16-22)25(30)20-7-4-3-5-8-20/h3-5,7-8,10-13,15-16,27H,6,9,14H2,1-2H3,(H,26,29). The molecule has 8 heteroatoms. The first-order chi connectivity index (χ1) is 15.7. The minimum Gasteiger partial charge on any atom is -0.326 e. The van der Waals surface area contributed by atoms with Crippen LogP contribution >= 0.6 is 0 Å². The third-order valence-corrected chi connectivity index (χ3v) is 7.05. The number of carbonyl (C=O) groups excluding carboxylic acids is 2. The molecule has 1 heterocycles. The number of hydrogen-bond acceptors (Lipinski definition) is 4. The van der Waals surface area contributed by atoms with E-state index in [1.807, 2.05) is 24.3 Å². The zero-order valence-electron chi connectivity index (χ0n) is 18.5. The summed E-state index contributed by atoms with van der Waals surface area (Å²) in [5, 5.41) is 2.65. The number of benzene rings is 3. The Kier molecular flexibility index (Phi) is 6.20. The summed E-state index contributed by atoms with van der Waals surface area (Å²) in [4.78, 5) is 26.2. The highest BCUT2D eigenvalue weighted by Crippen LogP contribution is 2.32. The molecule has 4 rings (SSSR count). The summed E-state index contributed by atoms with van der Waals surface area (Å²) >= 11 is 0. The molecule has 3 aromatic carbocycles. The van der Waals surface area contributed by atoms with Crippen LogP contribution in [0.3, 0.4) is 0 Å². The van der Waals surface area contributed by atoms with Crippen molar-refractivity contribution in [3.8, 4) is 0 Å². The van der Waals surface area contributed by atoms with Crippen molar-refractivity contribution in [2.75, 3.05) is 21.5 Å². The predicted molar refractivity (Wildman–Crippen MR) is 129 cm³/mol. The number of aryl methyl sites for hydroxylation is 2. The number of nitrogens with zero attached hydrogens (tertiary/aromatic N) is 1. The van der Waals surface area contributed by atoms with Gasteiger partial charge in [-0.3, -0.25) is 14.3 Å². The Hall–Kier alpha value is -3.65. The van der Waals surface area contributed by atoms with Gasteiger partial charge in [-0.05, 0) is 73.4 Å². The normalized spacial score (nSPS) is 13.2. The molecule has 0 atom stereocenters. The van der Waals surface area contributed by atoms with Crippen LogP contribution in [0.15, 0.2) is 71.6 Å². The van der Waals surface area contributed by atoms with Crippen molar-refractivity contribution in [3.63, 3.8) is 0 Å². The maximum atomic E-state index is 13.1. The molecule has 2 amide bonds. The van der Waals surface area contributed by atoms with Crippen molar-refractivity contribution < 1.29 is 18.0 Å². The number of hydrogen-bond donors (Lipinski definition) is 2. The van der Waals surface area contributed by atoms with Crippen LogP contribution in [0.25, 0.3) is 0 Å². The zero-order chi connectivity index (χ0) is 23.6. The lowest BCUT2D eigenvalue weighted by molar-refractivity contribution is -0.114. The van der Waals surface area contributed by atoms with E-state index in [2.05, 4.69) is 10.0 Å². The monoisotopic (exact) mass is 463 g/mol. The maximum absolute atomic E-state index is 13.1. The topological polar surface area (TPSA) is 95.6 Å². The summed E-state index contributed by atoms with van der Waals surface area (Å²) in [6, 6.07) is 19.0. The highest BCUT2D eigenvalue weighted by Gasteiger charge is 2.25. The fourth-order valence-electron chi connectivity index (χ4n) is 4.03. The number of amides is 2. The van der Waals surface area contributed by atoms with E-state index in [-0.39, 0.29) is 16.7 Å². The quantitative estimate of drug-likeness (QED) is 0.588. The summed E-state index contributed by atoms with van der Waals surface area (Å²) in [6.45, 7) is 3.64. The first-order valence-electron chi connectivity index (χ1n) is 10.7. The number of anilines is 3. The molecule has 0 aromatic heterocycles. The van der Waals surface area contributed by atoms with E-state index in [1.165, 1.54) is 13.0 Å². The van der Waals surface area contributed by atoms with Crippen molar-refractivity contribution in [1.82, 2.24) is 0 Å². The molecule has 0 unspecified atom stereocenters. The number of rotatable bonds is 5. The van der Waals surface area contributed by atoms with E-state index in [1.54, 1.807) is 48.2 Å². The van der Waals surface area contributed by atoms with Gasteiger partial charge in [-0.15, -0.1) is 0 Å². The Bertz CT molecular complexity index is 1320. The summed E-state index contributed by atoms with van der Waals surface area (Å²) in [5.74, 6) is -0.340. The van der Waals surface area contributed by atoms with E-state index in [0.29, 0.717) is 34.7 Å². The highest BCUT2D eigenvalue weighted by atomic mass is 32.2. The SMILES string of the molecule is CC(=O)Nc1ccc(S(=O)(=O)Nc2ccc3c(c2)N(C(=O)c2ccccc2)CCC3)c(C)c1. The molecule has 0 aliphatic carbocycles. The zero-order valence-corrected chi connectivity index (χ0v) is 19.3. The third-order valence-electron chi connectivity index (χ3n) is 5.51. The van der Waals surface area contributed by atoms with Crippen LogP contribution in [0.4, 0.5) is 17.1 Å². The maximum Gasteiger partial charge on any atom is 0.262 e. The molecule has 0 spiro atoms. The van der Waals surface area contributed by atoms with E-state index in [9.17, 15) is 18.0 Å². The fraction of sp³-hybridized carbons (Fsp3) is 0.200. The number of carbonyl (C=O) groups is 2. The first-order valence-corrected chi connectivity index (χ1v) is 12.1. The van der Waals surface area contributed by atoms with Gasteiger partial charge in [0.05, 0.1) is 10.6 Å². The Labute approximate surface area is 193 Å². The Balaban J connectivity index is 1.62. The molecular formula is C25H25N3O4S. The predicted octanol–water partition coefficient (Wildman–Crippen LogP) is 4.35. The molecule has 1 aliphatic heterocycles. The molecule has 2 N–H and O–H groups in total. The van der Waals surface area contributed by atoms with Gasteiger partial charge in [-0.25, -0.2) is 8.42 Å². The van der Waals surface area contributed by atoms with Gasteiger partial charge in [0, 0.05) is 30.4 Å².